The minimum Gasteiger partial charge on any atom is -0.462 e. The number of hydrogen-bond acceptors (Lipinski definition) is 6. The fraction of sp³-hybridized carbons (Fsp3) is 0.350. The Kier molecular flexibility index (Phi) is 6.74. The lowest BCUT2D eigenvalue weighted by Crippen LogP contribution is -2.50. The maximum atomic E-state index is 12.8. The number of sulfonamides is 1. The molecule has 1 aromatic carbocycles. The summed E-state index contributed by atoms with van der Waals surface area (Å²) < 4.78 is 31.9. The Bertz CT molecular complexity index is 1050. The zero-order valence-corrected chi connectivity index (χ0v) is 18.2. The van der Waals surface area contributed by atoms with Crippen LogP contribution in [0.15, 0.2) is 41.3 Å². The molecule has 0 saturated carbocycles. The van der Waals surface area contributed by atoms with Crippen LogP contribution in [0.25, 0.3) is 0 Å². The molecular formula is C20H22ClN3O5S. The number of carbonyl (C=O) groups is 2. The number of rotatable bonds is 5. The smallest absolute Gasteiger partial charge is 0.339 e. The summed E-state index contributed by atoms with van der Waals surface area (Å²) in [6.07, 6.45) is 0. The zero-order valence-electron chi connectivity index (χ0n) is 16.7. The molecule has 1 aliphatic heterocycles. The Labute approximate surface area is 180 Å². The van der Waals surface area contributed by atoms with Crippen molar-refractivity contribution in [3.63, 3.8) is 0 Å². The number of halogens is 1. The van der Waals surface area contributed by atoms with E-state index in [0.717, 1.165) is 0 Å². The molecule has 0 bridgehead atoms. The molecule has 1 saturated heterocycles. The molecule has 30 heavy (non-hydrogen) atoms. The second-order valence-electron chi connectivity index (χ2n) is 6.70. The number of amides is 1. The minimum absolute atomic E-state index is 0.165. The minimum atomic E-state index is -3.65. The van der Waals surface area contributed by atoms with Gasteiger partial charge in [0.2, 0.25) is 10.0 Å². The van der Waals surface area contributed by atoms with Gasteiger partial charge >= 0.3 is 5.97 Å². The molecule has 0 unspecified atom stereocenters. The first-order valence-electron chi connectivity index (χ1n) is 9.43. The number of piperazine rings is 1. The molecule has 8 nitrogen and oxygen atoms in total. The number of pyridine rings is 1. The van der Waals surface area contributed by atoms with Crippen LogP contribution in [0.3, 0.4) is 0 Å². The number of carbonyl (C=O) groups excluding carboxylic acids is 2. The van der Waals surface area contributed by atoms with E-state index in [-0.39, 0.29) is 49.3 Å². The van der Waals surface area contributed by atoms with Gasteiger partial charge in [-0.1, -0.05) is 11.6 Å². The summed E-state index contributed by atoms with van der Waals surface area (Å²) in [5.41, 5.74) is 0.921. The largest absolute Gasteiger partial charge is 0.462 e. The van der Waals surface area contributed by atoms with Gasteiger partial charge in [-0.25, -0.2) is 18.2 Å². The first-order chi connectivity index (χ1) is 14.2. The summed E-state index contributed by atoms with van der Waals surface area (Å²) in [4.78, 5) is 30.6. The van der Waals surface area contributed by atoms with Gasteiger partial charge in [-0.05, 0) is 50.2 Å². The second-order valence-corrected chi connectivity index (χ2v) is 9.07. The average molecular weight is 452 g/mol. The summed E-state index contributed by atoms with van der Waals surface area (Å²) in [5, 5.41) is 0.459. The molecule has 1 amide bonds. The summed E-state index contributed by atoms with van der Waals surface area (Å²) in [7, 11) is -3.65. The van der Waals surface area contributed by atoms with Crippen molar-refractivity contribution in [3.8, 4) is 0 Å². The molecule has 2 heterocycles. The summed E-state index contributed by atoms with van der Waals surface area (Å²) in [6.45, 7) is 4.44. The number of hydrogen-bond donors (Lipinski definition) is 0. The lowest BCUT2D eigenvalue weighted by Gasteiger charge is -2.33. The fourth-order valence-corrected chi connectivity index (χ4v) is 4.70. The molecule has 1 fully saturated rings. The number of aryl methyl sites for hydroxylation is 1. The molecule has 1 aliphatic rings. The van der Waals surface area contributed by atoms with Crippen molar-refractivity contribution in [2.75, 3.05) is 32.8 Å². The van der Waals surface area contributed by atoms with Gasteiger partial charge in [-0.15, -0.1) is 0 Å². The maximum Gasteiger partial charge on any atom is 0.339 e. The molecule has 0 atom stereocenters. The predicted molar refractivity (Wildman–Crippen MR) is 111 cm³/mol. The topological polar surface area (TPSA) is 96.9 Å². The standard InChI is InChI=1S/C20H22ClN3O5S/c1-3-29-20(26)17-8-9-18(22-14(17)2)19(25)23-10-12-24(13-11-23)30(27,28)16-6-4-15(21)5-7-16/h4-9H,3,10-13H2,1-2H3. The molecule has 0 spiro atoms. The Balaban J connectivity index is 1.67. The molecule has 3 rings (SSSR count). The van der Waals surface area contributed by atoms with E-state index < -0.39 is 16.0 Å². The van der Waals surface area contributed by atoms with Crippen LogP contribution in [-0.2, 0) is 14.8 Å². The van der Waals surface area contributed by atoms with Gasteiger partial charge in [0.1, 0.15) is 5.69 Å². The number of ether oxygens (including phenoxy) is 1. The van der Waals surface area contributed by atoms with E-state index in [9.17, 15) is 18.0 Å². The Hall–Kier alpha value is -2.49. The van der Waals surface area contributed by atoms with E-state index in [1.807, 2.05) is 0 Å². The third-order valence-corrected chi connectivity index (χ3v) is 6.94. The van der Waals surface area contributed by atoms with E-state index in [2.05, 4.69) is 4.98 Å². The van der Waals surface area contributed by atoms with Gasteiger partial charge in [0.25, 0.3) is 5.91 Å². The van der Waals surface area contributed by atoms with Crippen molar-refractivity contribution in [2.45, 2.75) is 18.7 Å². The van der Waals surface area contributed by atoms with Gasteiger partial charge < -0.3 is 9.64 Å². The SMILES string of the molecule is CCOC(=O)c1ccc(C(=O)N2CCN(S(=O)(=O)c3ccc(Cl)cc3)CC2)nc1C. The van der Waals surface area contributed by atoms with E-state index >= 15 is 0 Å². The third-order valence-electron chi connectivity index (χ3n) is 4.78. The lowest BCUT2D eigenvalue weighted by molar-refractivity contribution is 0.0523. The Morgan fingerprint density at radius 1 is 1.07 bits per heavy atom. The number of nitrogens with zero attached hydrogens (tertiary/aromatic N) is 3. The second kappa shape index (κ2) is 9.11. The highest BCUT2D eigenvalue weighted by molar-refractivity contribution is 7.89. The van der Waals surface area contributed by atoms with Crippen LogP contribution >= 0.6 is 11.6 Å². The highest BCUT2D eigenvalue weighted by atomic mass is 35.5. The molecule has 0 radical (unpaired) electrons. The van der Waals surface area contributed by atoms with E-state index in [1.165, 1.54) is 40.7 Å². The third kappa shape index (κ3) is 4.63. The van der Waals surface area contributed by atoms with Crippen LogP contribution in [0.5, 0.6) is 0 Å². The van der Waals surface area contributed by atoms with E-state index in [4.69, 9.17) is 16.3 Å². The fourth-order valence-electron chi connectivity index (χ4n) is 3.15. The van der Waals surface area contributed by atoms with Crippen LogP contribution in [0, 0.1) is 6.92 Å². The number of esters is 1. The molecule has 10 heteroatoms. The first-order valence-corrected chi connectivity index (χ1v) is 11.3. The number of aromatic nitrogens is 1. The Morgan fingerprint density at radius 3 is 2.27 bits per heavy atom. The van der Waals surface area contributed by atoms with Crippen molar-refractivity contribution in [1.82, 2.24) is 14.2 Å². The molecule has 1 aromatic heterocycles. The van der Waals surface area contributed by atoms with Gasteiger partial charge in [0.05, 0.1) is 22.8 Å². The van der Waals surface area contributed by atoms with Crippen molar-refractivity contribution in [1.29, 1.82) is 0 Å². The van der Waals surface area contributed by atoms with Crippen molar-refractivity contribution >= 4 is 33.5 Å². The highest BCUT2D eigenvalue weighted by Gasteiger charge is 2.31. The summed E-state index contributed by atoms with van der Waals surface area (Å²) in [5.74, 6) is -0.792. The molecular weight excluding hydrogens is 430 g/mol. The monoisotopic (exact) mass is 451 g/mol. The van der Waals surface area contributed by atoms with Gasteiger partial charge in [-0.3, -0.25) is 4.79 Å². The van der Waals surface area contributed by atoms with Crippen LogP contribution in [0.4, 0.5) is 0 Å². The quantitative estimate of drug-likeness (QED) is 0.647. The zero-order chi connectivity index (χ0) is 21.9. The van der Waals surface area contributed by atoms with Crippen molar-refractivity contribution in [2.24, 2.45) is 0 Å². The molecule has 2 aromatic rings. The summed E-state index contributed by atoms with van der Waals surface area (Å²) in [6, 6.07) is 9.00. The molecule has 160 valence electrons. The lowest BCUT2D eigenvalue weighted by atomic mass is 10.1. The maximum absolute atomic E-state index is 12.8. The highest BCUT2D eigenvalue weighted by Crippen LogP contribution is 2.20. The van der Waals surface area contributed by atoms with Crippen molar-refractivity contribution in [3.05, 3.63) is 58.4 Å². The van der Waals surface area contributed by atoms with Crippen LogP contribution in [-0.4, -0.2) is 67.3 Å². The molecule has 0 aliphatic carbocycles. The summed E-state index contributed by atoms with van der Waals surface area (Å²) >= 11 is 5.83. The predicted octanol–water partition coefficient (Wildman–Crippen LogP) is 2.37. The average Bonchev–Trinajstić information content (AvgIpc) is 2.73. The van der Waals surface area contributed by atoms with Crippen molar-refractivity contribution < 1.29 is 22.7 Å². The van der Waals surface area contributed by atoms with Crippen LogP contribution in [0.1, 0.15) is 33.5 Å². The van der Waals surface area contributed by atoms with Crippen LogP contribution < -0.4 is 0 Å². The first kappa shape index (κ1) is 22.2. The molecule has 0 N–H and O–H groups in total. The van der Waals surface area contributed by atoms with Crippen LogP contribution in [0.2, 0.25) is 5.02 Å². The normalized spacial score (nSPS) is 15.1. The Morgan fingerprint density at radius 2 is 1.70 bits per heavy atom. The van der Waals surface area contributed by atoms with E-state index in [1.54, 1.807) is 18.7 Å². The van der Waals surface area contributed by atoms with E-state index in [0.29, 0.717) is 16.3 Å². The van der Waals surface area contributed by atoms with Gasteiger partial charge in [-0.2, -0.15) is 4.31 Å². The van der Waals surface area contributed by atoms with Gasteiger partial charge in [0, 0.05) is 31.2 Å². The number of benzene rings is 1. The van der Waals surface area contributed by atoms with Gasteiger partial charge in [0.15, 0.2) is 0 Å².